The first-order valence-electron chi connectivity index (χ1n) is 8.50. The maximum atomic E-state index is 12.6. The number of piperazine rings is 1. The van der Waals surface area contributed by atoms with Crippen LogP contribution in [0.25, 0.3) is 0 Å². The number of benzene rings is 1. The summed E-state index contributed by atoms with van der Waals surface area (Å²) in [5.41, 5.74) is 1.73. The second-order valence-corrected chi connectivity index (χ2v) is 8.10. The van der Waals surface area contributed by atoms with E-state index in [0.717, 1.165) is 12.0 Å². The molecule has 0 N–H and O–H groups in total. The van der Waals surface area contributed by atoms with Gasteiger partial charge in [0.05, 0.1) is 0 Å². The average molecular weight is 351 g/mol. The molecule has 0 bridgehead atoms. The standard InChI is InChI=1S/C19H27ClN2O2/c1-14-5-6-15(13-16(14)20)18(24)22-11-9-21(10-12-22)17(23)7-8-19(2,3)4/h5-6,13H,7-12H2,1-4H3. The number of aryl methyl sites for hydroxylation is 1. The summed E-state index contributed by atoms with van der Waals surface area (Å²) in [6, 6.07) is 5.40. The molecule has 0 radical (unpaired) electrons. The highest BCUT2D eigenvalue weighted by Gasteiger charge is 2.25. The fraction of sp³-hybridized carbons (Fsp3) is 0.579. The number of halogens is 1. The first-order chi connectivity index (χ1) is 11.2. The summed E-state index contributed by atoms with van der Waals surface area (Å²) in [6.45, 7) is 10.7. The molecule has 1 aromatic rings. The smallest absolute Gasteiger partial charge is 0.254 e. The molecule has 1 aliphatic rings. The van der Waals surface area contributed by atoms with E-state index in [1.54, 1.807) is 11.0 Å². The first-order valence-corrected chi connectivity index (χ1v) is 8.88. The molecule has 0 saturated carbocycles. The Morgan fingerprint density at radius 2 is 1.67 bits per heavy atom. The minimum Gasteiger partial charge on any atom is -0.339 e. The van der Waals surface area contributed by atoms with Crippen LogP contribution in [-0.4, -0.2) is 47.8 Å². The van der Waals surface area contributed by atoms with Gasteiger partial charge in [0.15, 0.2) is 0 Å². The Kier molecular flexibility index (Phi) is 5.92. The molecule has 1 aliphatic heterocycles. The van der Waals surface area contributed by atoms with Gasteiger partial charge in [0, 0.05) is 43.2 Å². The number of carbonyl (C=O) groups excluding carboxylic acids is 2. The summed E-state index contributed by atoms with van der Waals surface area (Å²) in [6.07, 6.45) is 1.46. The van der Waals surface area contributed by atoms with Gasteiger partial charge in [0.2, 0.25) is 5.91 Å². The van der Waals surface area contributed by atoms with Gasteiger partial charge in [0.1, 0.15) is 0 Å². The van der Waals surface area contributed by atoms with Crippen molar-refractivity contribution in [1.82, 2.24) is 9.80 Å². The maximum Gasteiger partial charge on any atom is 0.254 e. The van der Waals surface area contributed by atoms with Crippen molar-refractivity contribution in [3.05, 3.63) is 34.3 Å². The highest BCUT2D eigenvalue weighted by Crippen LogP contribution is 2.22. The van der Waals surface area contributed by atoms with E-state index in [1.165, 1.54) is 0 Å². The third kappa shape index (κ3) is 4.97. The van der Waals surface area contributed by atoms with Gasteiger partial charge in [-0.2, -0.15) is 0 Å². The molecule has 2 amide bonds. The van der Waals surface area contributed by atoms with Crippen molar-refractivity contribution in [3.63, 3.8) is 0 Å². The number of hydrogen-bond donors (Lipinski definition) is 0. The van der Waals surface area contributed by atoms with Gasteiger partial charge < -0.3 is 9.80 Å². The van der Waals surface area contributed by atoms with Crippen molar-refractivity contribution in [1.29, 1.82) is 0 Å². The average Bonchev–Trinajstić information content (AvgIpc) is 2.54. The van der Waals surface area contributed by atoms with Gasteiger partial charge in [-0.15, -0.1) is 0 Å². The van der Waals surface area contributed by atoms with Crippen LogP contribution in [-0.2, 0) is 4.79 Å². The Bertz CT molecular complexity index is 614. The lowest BCUT2D eigenvalue weighted by Crippen LogP contribution is -2.50. The highest BCUT2D eigenvalue weighted by atomic mass is 35.5. The molecule has 132 valence electrons. The van der Waals surface area contributed by atoms with Gasteiger partial charge in [-0.05, 0) is 36.5 Å². The molecule has 1 aromatic carbocycles. The normalized spacial score (nSPS) is 15.5. The van der Waals surface area contributed by atoms with E-state index >= 15 is 0 Å². The quantitative estimate of drug-likeness (QED) is 0.832. The van der Waals surface area contributed by atoms with Crippen molar-refractivity contribution in [2.45, 2.75) is 40.5 Å². The van der Waals surface area contributed by atoms with Crippen LogP contribution < -0.4 is 0 Å². The second kappa shape index (κ2) is 7.56. The highest BCUT2D eigenvalue weighted by molar-refractivity contribution is 6.31. The van der Waals surface area contributed by atoms with E-state index in [-0.39, 0.29) is 17.2 Å². The molecule has 24 heavy (non-hydrogen) atoms. The number of rotatable bonds is 3. The predicted molar refractivity (Wildman–Crippen MR) is 97.4 cm³/mol. The van der Waals surface area contributed by atoms with E-state index < -0.39 is 0 Å². The van der Waals surface area contributed by atoms with Crippen LogP contribution >= 0.6 is 11.6 Å². The second-order valence-electron chi connectivity index (χ2n) is 7.70. The molecular formula is C19H27ClN2O2. The van der Waals surface area contributed by atoms with Crippen LogP contribution in [0.5, 0.6) is 0 Å². The fourth-order valence-electron chi connectivity index (χ4n) is 2.71. The largest absolute Gasteiger partial charge is 0.339 e. The zero-order valence-electron chi connectivity index (χ0n) is 15.1. The Morgan fingerprint density at radius 1 is 1.08 bits per heavy atom. The van der Waals surface area contributed by atoms with Crippen molar-refractivity contribution in [2.75, 3.05) is 26.2 Å². The minimum atomic E-state index is -0.0151. The lowest BCUT2D eigenvalue weighted by molar-refractivity contribution is -0.133. The molecule has 0 aliphatic carbocycles. The number of hydrogen-bond acceptors (Lipinski definition) is 2. The summed E-state index contributed by atoms with van der Waals surface area (Å²) in [5, 5.41) is 0.608. The summed E-state index contributed by atoms with van der Waals surface area (Å²) in [5.74, 6) is 0.175. The van der Waals surface area contributed by atoms with E-state index in [9.17, 15) is 9.59 Å². The lowest BCUT2D eigenvalue weighted by atomic mass is 9.90. The molecule has 1 fully saturated rings. The van der Waals surface area contributed by atoms with Crippen molar-refractivity contribution >= 4 is 23.4 Å². The molecule has 1 saturated heterocycles. The van der Waals surface area contributed by atoms with Crippen LogP contribution in [0.15, 0.2) is 18.2 Å². The van der Waals surface area contributed by atoms with E-state index in [1.807, 2.05) is 24.0 Å². The van der Waals surface area contributed by atoms with E-state index in [2.05, 4.69) is 20.8 Å². The fourth-order valence-corrected chi connectivity index (χ4v) is 2.89. The van der Waals surface area contributed by atoms with Gasteiger partial charge in [0.25, 0.3) is 5.91 Å². The zero-order valence-corrected chi connectivity index (χ0v) is 15.8. The molecule has 2 rings (SSSR count). The summed E-state index contributed by atoms with van der Waals surface area (Å²) in [4.78, 5) is 28.5. The summed E-state index contributed by atoms with van der Waals surface area (Å²) >= 11 is 6.11. The summed E-state index contributed by atoms with van der Waals surface area (Å²) < 4.78 is 0. The maximum absolute atomic E-state index is 12.6. The molecular weight excluding hydrogens is 324 g/mol. The summed E-state index contributed by atoms with van der Waals surface area (Å²) in [7, 11) is 0. The predicted octanol–water partition coefficient (Wildman–Crippen LogP) is 3.76. The molecule has 4 nitrogen and oxygen atoms in total. The van der Waals surface area contributed by atoms with Crippen molar-refractivity contribution in [2.24, 2.45) is 5.41 Å². The van der Waals surface area contributed by atoms with Gasteiger partial charge in [-0.25, -0.2) is 0 Å². The van der Waals surface area contributed by atoms with Crippen LogP contribution in [0.2, 0.25) is 5.02 Å². The Labute approximate surface area is 149 Å². The van der Waals surface area contributed by atoms with Crippen molar-refractivity contribution in [3.8, 4) is 0 Å². The van der Waals surface area contributed by atoms with Gasteiger partial charge >= 0.3 is 0 Å². The molecule has 5 heteroatoms. The van der Waals surface area contributed by atoms with Crippen LogP contribution in [0.3, 0.4) is 0 Å². The zero-order chi connectivity index (χ0) is 17.9. The van der Waals surface area contributed by atoms with Crippen LogP contribution in [0.1, 0.15) is 49.5 Å². The molecule has 0 atom stereocenters. The monoisotopic (exact) mass is 350 g/mol. The van der Waals surface area contributed by atoms with E-state index in [0.29, 0.717) is 43.2 Å². The number of carbonyl (C=O) groups is 2. The lowest BCUT2D eigenvalue weighted by Gasteiger charge is -2.35. The molecule has 1 heterocycles. The molecule has 0 aromatic heterocycles. The van der Waals surface area contributed by atoms with Gasteiger partial charge in [-0.3, -0.25) is 9.59 Å². The topological polar surface area (TPSA) is 40.6 Å². The first kappa shape index (κ1) is 18.8. The Morgan fingerprint density at radius 3 is 2.21 bits per heavy atom. The Hall–Kier alpha value is -1.55. The third-order valence-corrected chi connectivity index (χ3v) is 4.83. The molecule has 0 spiro atoms. The minimum absolute atomic E-state index is 0.0151. The van der Waals surface area contributed by atoms with E-state index in [4.69, 9.17) is 11.6 Å². The van der Waals surface area contributed by atoms with Crippen LogP contribution in [0, 0.1) is 12.3 Å². The van der Waals surface area contributed by atoms with Crippen LogP contribution in [0.4, 0.5) is 0 Å². The van der Waals surface area contributed by atoms with Gasteiger partial charge in [-0.1, -0.05) is 38.4 Å². The third-order valence-electron chi connectivity index (χ3n) is 4.43. The SMILES string of the molecule is Cc1ccc(C(=O)N2CCN(C(=O)CCC(C)(C)C)CC2)cc1Cl. The number of amides is 2. The molecule has 0 unspecified atom stereocenters. The Balaban J connectivity index is 1.89. The van der Waals surface area contributed by atoms with Crippen molar-refractivity contribution < 1.29 is 9.59 Å². The number of nitrogens with zero attached hydrogens (tertiary/aromatic N) is 2.